The van der Waals surface area contributed by atoms with Gasteiger partial charge in [-0.3, -0.25) is 9.59 Å². The van der Waals surface area contributed by atoms with Crippen molar-refractivity contribution in [3.63, 3.8) is 0 Å². The van der Waals surface area contributed by atoms with Crippen LogP contribution in [0.25, 0.3) is 0 Å². The second-order valence-corrected chi connectivity index (χ2v) is 7.87. The average Bonchev–Trinajstić information content (AvgIpc) is 2.81. The maximum atomic E-state index is 12.2. The van der Waals surface area contributed by atoms with Gasteiger partial charge in [0.2, 0.25) is 0 Å². The lowest BCUT2D eigenvalue weighted by Gasteiger charge is -2.22. The number of carbonyl (C=O) groups is 2. The first-order valence-electron chi connectivity index (χ1n) is 10.1. The fourth-order valence-corrected chi connectivity index (χ4v) is 3.96. The number of hydrogen-bond acceptors (Lipinski definition) is 5. The van der Waals surface area contributed by atoms with E-state index >= 15 is 0 Å². The quantitative estimate of drug-likeness (QED) is 0.349. The third kappa shape index (κ3) is 9.10. The van der Waals surface area contributed by atoms with Gasteiger partial charge in [0.05, 0.1) is 18.3 Å². The Bertz CT molecular complexity index is 423. The summed E-state index contributed by atoms with van der Waals surface area (Å²) in [5.74, 6) is -0.857. The van der Waals surface area contributed by atoms with Crippen molar-refractivity contribution in [2.24, 2.45) is 11.8 Å². The van der Waals surface area contributed by atoms with Crippen molar-refractivity contribution in [1.29, 1.82) is 0 Å². The van der Waals surface area contributed by atoms with Crippen LogP contribution in [-0.2, 0) is 9.59 Å². The maximum absolute atomic E-state index is 12.2. The minimum Gasteiger partial charge on any atom is -0.481 e. The standard InChI is InChI=1S/C20H36O6/c1-14(21)7-6-8-15(22)11-12-17-16(18(23)13-19(17)24)9-4-2-3-5-10-20(25)26/h14-17,19,21-22,24H,2-13H2,1H3,(H,25,26)/t14-,15-,16+,17+,19+/m0/s1. The van der Waals surface area contributed by atoms with Crippen molar-refractivity contribution in [3.05, 3.63) is 0 Å². The highest BCUT2D eigenvalue weighted by atomic mass is 16.4. The number of aliphatic hydroxyl groups excluding tert-OH is 3. The third-order valence-corrected chi connectivity index (χ3v) is 5.48. The molecule has 0 aromatic heterocycles. The molecule has 6 nitrogen and oxygen atoms in total. The average molecular weight is 373 g/mol. The Hall–Kier alpha value is -0.980. The Morgan fingerprint density at radius 1 is 1.04 bits per heavy atom. The molecule has 0 saturated heterocycles. The molecule has 1 aliphatic rings. The van der Waals surface area contributed by atoms with E-state index < -0.39 is 18.2 Å². The number of hydrogen-bond donors (Lipinski definition) is 4. The normalized spacial score (nSPS) is 25.4. The Balaban J connectivity index is 2.30. The summed E-state index contributed by atoms with van der Waals surface area (Å²) in [5, 5.41) is 38.1. The molecule has 0 aromatic rings. The van der Waals surface area contributed by atoms with Gasteiger partial charge < -0.3 is 20.4 Å². The fraction of sp³-hybridized carbons (Fsp3) is 0.900. The number of unbranched alkanes of at least 4 members (excludes halogenated alkanes) is 3. The van der Waals surface area contributed by atoms with Crippen molar-refractivity contribution in [1.82, 2.24) is 0 Å². The van der Waals surface area contributed by atoms with Crippen molar-refractivity contribution in [3.8, 4) is 0 Å². The van der Waals surface area contributed by atoms with Crippen molar-refractivity contribution in [2.75, 3.05) is 0 Å². The van der Waals surface area contributed by atoms with Crippen LogP contribution < -0.4 is 0 Å². The first-order valence-corrected chi connectivity index (χ1v) is 10.1. The van der Waals surface area contributed by atoms with Crippen molar-refractivity contribution < 1.29 is 30.0 Å². The smallest absolute Gasteiger partial charge is 0.303 e. The summed E-state index contributed by atoms with van der Waals surface area (Å²) < 4.78 is 0. The van der Waals surface area contributed by atoms with Gasteiger partial charge in [0.15, 0.2) is 0 Å². The number of aliphatic hydroxyl groups is 3. The van der Waals surface area contributed by atoms with Gasteiger partial charge in [0.25, 0.3) is 0 Å². The van der Waals surface area contributed by atoms with Crippen LogP contribution in [0.15, 0.2) is 0 Å². The molecular formula is C20H36O6. The van der Waals surface area contributed by atoms with Crippen molar-refractivity contribution in [2.45, 2.75) is 102 Å². The summed E-state index contributed by atoms with van der Waals surface area (Å²) in [5.41, 5.74) is 0. The molecule has 6 heteroatoms. The monoisotopic (exact) mass is 372 g/mol. The van der Waals surface area contributed by atoms with Gasteiger partial charge in [-0.1, -0.05) is 19.3 Å². The zero-order chi connectivity index (χ0) is 19.5. The van der Waals surface area contributed by atoms with E-state index in [1.165, 1.54) is 0 Å². The molecule has 0 unspecified atom stereocenters. The van der Waals surface area contributed by atoms with Gasteiger partial charge >= 0.3 is 5.97 Å². The Morgan fingerprint density at radius 3 is 2.38 bits per heavy atom. The molecular weight excluding hydrogens is 336 g/mol. The topological polar surface area (TPSA) is 115 Å². The molecule has 5 atom stereocenters. The van der Waals surface area contributed by atoms with Crippen LogP contribution in [0.3, 0.4) is 0 Å². The van der Waals surface area contributed by atoms with E-state index in [0.717, 1.165) is 32.1 Å². The highest BCUT2D eigenvalue weighted by Gasteiger charge is 2.40. The van der Waals surface area contributed by atoms with Crippen LogP contribution in [0.4, 0.5) is 0 Å². The van der Waals surface area contributed by atoms with E-state index in [1.54, 1.807) is 6.92 Å². The molecule has 0 aromatic carbocycles. The molecule has 1 aliphatic carbocycles. The largest absolute Gasteiger partial charge is 0.481 e. The second-order valence-electron chi connectivity index (χ2n) is 7.87. The predicted molar refractivity (Wildman–Crippen MR) is 98.7 cm³/mol. The van der Waals surface area contributed by atoms with E-state index in [-0.39, 0.29) is 36.6 Å². The molecule has 0 aliphatic heterocycles. The SMILES string of the molecule is C[C@H](O)CCC[C@H](O)CC[C@H]1[C@H](O)CC(=O)[C@@H]1CCCCCCC(=O)O. The van der Waals surface area contributed by atoms with Crippen LogP contribution >= 0.6 is 0 Å². The predicted octanol–water partition coefficient (Wildman–Crippen LogP) is 2.67. The molecule has 1 saturated carbocycles. The first kappa shape index (κ1) is 23.1. The van der Waals surface area contributed by atoms with E-state index in [2.05, 4.69) is 0 Å². The van der Waals surface area contributed by atoms with Crippen LogP contribution in [0.1, 0.15) is 84.0 Å². The highest BCUT2D eigenvalue weighted by molar-refractivity contribution is 5.84. The number of Topliss-reactive ketones (excluding diaryl/α,β-unsaturated/α-hetero) is 1. The van der Waals surface area contributed by atoms with Gasteiger partial charge in [0, 0.05) is 18.8 Å². The van der Waals surface area contributed by atoms with E-state index in [1.807, 2.05) is 0 Å². The maximum Gasteiger partial charge on any atom is 0.303 e. The fourth-order valence-electron chi connectivity index (χ4n) is 3.96. The number of aliphatic carboxylic acids is 1. The summed E-state index contributed by atoms with van der Waals surface area (Å²) in [4.78, 5) is 22.7. The number of carboxylic acid groups (broad SMARTS) is 1. The Labute approximate surface area is 156 Å². The molecule has 0 bridgehead atoms. The lowest BCUT2D eigenvalue weighted by molar-refractivity contribution is -0.137. The zero-order valence-electron chi connectivity index (χ0n) is 16.0. The lowest BCUT2D eigenvalue weighted by atomic mass is 9.85. The van der Waals surface area contributed by atoms with Crippen LogP contribution in [-0.4, -0.2) is 50.5 Å². The third-order valence-electron chi connectivity index (χ3n) is 5.48. The van der Waals surface area contributed by atoms with Crippen LogP contribution in [0.2, 0.25) is 0 Å². The van der Waals surface area contributed by atoms with E-state index in [0.29, 0.717) is 32.1 Å². The summed E-state index contributed by atoms with van der Waals surface area (Å²) in [6.07, 6.45) is 6.32. The molecule has 0 spiro atoms. The molecule has 152 valence electrons. The van der Waals surface area contributed by atoms with Gasteiger partial charge in [-0.25, -0.2) is 0 Å². The minimum atomic E-state index is -0.772. The van der Waals surface area contributed by atoms with Gasteiger partial charge in [0.1, 0.15) is 5.78 Å². The summed E-state index contributed by atoms with van der Waals surface area (Å²) >= 11 is 0. The Kier molecular flexibility index (Phi) is 11.0. The lowest BCUT2D eigenvalue weighted by Crippen LogP contribution is -2.22. The molecule has 1 fully saturated rings. The molecule has 0 radical (unpaired) electrons. The molecule has 4 N–H and O–H groups in total. The minimum absolute atomic E-state index is 0.0760. The van der Waals surface area contributed by atoms with Crippen LogP contribution in [0.5, 0.6) is 0 Å². The first-order chi connectivity index (χ1) is 12.3. The molecule has 0 amide bonds. The number of ketones is 1. The summed E-state index contributed by atoms with van der Waals surface area (Å²) in [6, 6.07) is 0. The van der Waals surface area contributed by atoms with E-state index in [9.17, 15) is 24.9 Å². The molecule has 26 heavy (non-hydrogen) atoms. The van der Waals surface area contributed by atoms with Crippen molar-refractivity contribution >= 4 is 11.8 Å². The van der Waals surface area contributed by atoms with Gasteiger partial charge in [-0.2, -0.15) is 0 Å². The number of carbonyl (C=O) groups excluding carboxylic acids is 1. The number of carboxylic acids is 1. The highest BCUT2D eigenvalue weighted by Crippen LogP contribution is 2.36. The summed E-state index contributed by atoms with van der Waals surface area (Å²) in [7, 11) is 0. The van der Waals surface area contributed by atoms with Gasteiger partial charge in [-0.15, -0.1) is 0 Å². The number of rotatable bonds is 14. The molecule has 0 heterocycles. The van der Waals surface area contributed by atoms with E-state index in [4.69, 9.17) is 5.11 Å². The second kappa shape index (κ2) is 12.4. The van der Waals surface area contributed by atoms with Crippen LogP contribution in [0, 0.1) is 11.8 Å². The molecule has 1 rings (SSSR count). The summed E-state index contributed by atoms with van der Waals surface area (Å²) in [6.45, 7) is 1.74. The zero-order valence-corrected chi connectivity index (χ0v) is 16.0. The Morgan fingerprint density at radius 2 is 1.73 bits per heavy atom. The van der Waals surface area contributed by atoms with Gasteiger partial charge in [-0.05, 0) is 57.8 Å².